The van der Waals surface area contributed by atoms with Crippen molar-refractivity contribution in [1.82, 2.24) is 15.1 Å². The Kier molecular flexibility index (Phi) is 4.10. The molecule has 2 aliphatic rings. The Morgan fingerprint density at radius 1 is 1.55 bits per heavy atom. The summed E-state index contributed by atoms with van der Waals surface area (Å²) in [5.41, 5.74) is 0.0558. The predicted molar refractivity (Wildman–Crippen MR) is 79.8 cm³/mol. The highest BCUT2D eigenvalue weighted by molar-refractivity contribution is 5.92. The highest BCUT2D eigenvalue weighted by Crippen LogP contribution is 2.50. The summed E-state index contributed by atoms with van der Waals surface area (Å²) in [4.78, 5) is 23.8. The second kappa shape index (κ2) is 5.89. The molecule has 2 fully saturated rings. The first-order chi connectivity index (χ1) is 10.6. The predicted octanol–water partition coefficient (Wildman–Crippen LogP) is 0.417. The molecule has 1 aromatic rings. The van der Waals surface area contributed by atoms with Crippen LogP contribution in [0.2, 0.25) is 0 Å². The lowest BCUT2D eigenvalue weighted by atomic mass is 9.57. The topological polar surface area (TPSA) is 85.4 Å². The number of rotatable bonds is 4. The molecule has 2 atom stereocenters. The van der Waals surface area contributed by atoms with Crippen LogP contribution >= 0.6 is 0 Å². The zero-order chi connectivity index (χ0) is 15.7. The number of ether oxygens (including phenoxy) is 2. The molecule has 1 spiro atoms. The molecule has 0 bridgehead atoms. The monoisotopic (exact) mass is 309 g/mol. The third-order valence-corrected chi connectivity index (χ3v) is 5.01. The number of aromatic amines is 1. The van der Waals surface area contributed by atoms with Gasteiger partial charge in [-0.25, -0.2) is 0 Å². The van der Waals surface area contributed by atoms with E-state index >= 15 is 0 Å². The molecule has 1 saturated heterocycles. The first kappa shape index (κ1) is 15.3. The summed E-state index contributed by atoms with van der Waals surface area (Å²) < 4.78 is 12.6. The quantitative estimate of drug-likeness (QED) is 0.844. The molecule has 3 rings (SSSR count). The van der Waals surface area contributed by atoms with Crippen molar-refractivity contribution in [1.29, 1.82) is 0 Å². The summed E-state index contributed by atoms with van der Waals surface area (Å²) in [5.74, 6) is -0.233. The van der Waals surface area contributed by atoms with Gasteiger partial charge in [-0.2, -0.15) is 0 Å². The minimum atomic E-state index is -0.233. The van der Waals surface area contributed by atoms with Crippen LogP contribution in [-0.2, 0) is 16.5 Å². The van der Waals surface area contributed by atoms with Crippen molar-refractivity contribution in [2.45, 2.75) is 38.3 Å². The van der Waals surface area contributed by atoms with Crippen molar-refractivity contribution >= 4 is 5.91 Å². The van der Waals surface area contributed by atoms with Crippen LogP contribution in [0.15, 0.2) is 10.9 Å². The second-order valence-electron chi connectivity index (χ2n) is 6.12. The van der Waals surface area contributed by atoms with E-state index in [1.54, 1.807) is 7.05 Å². The van der Waals surface area contributed by atoms with E-state index in [1.807, 2.05) is 6.92 Å². The number of H-pyrrole nitrogens is 1. The summed E-state index contributed by atoms with van der Waals surface area (Å²) in [6.45, 7) is 4.09. The van der Waals surface area contributed by atoms with Gasteiger partial charge in [0.15, 0.2) is 0 Å². The van der Waals surface area contributed by atoms with Crippen LogP contribution in [0.5, 0.6) is 0 Å². The Balaban J connectivity index is 1.71. The van der Waals surface area contributed by atoms with Gasteiger partial charge < -0.3 is 14.8 Å². The van der Waals surface area contributed by atoms with Crippen LogP contribution < -0.4 is 10.9 Å². The molecule has 1 amide bonds. The molecular weight excluding hydrogens is 286 g/mol. The van der Waals surface area contributed by atoms with Crippen molar-refractivity contribution in [3.05, 3.63) is 22.1 Å². The average Bonchev–Trinajstić information content (AvgIpc) is 2.86. The van der Waals surface area contributed by atoms with Crippen LogP contribution in [0.4, 0.5) is 0 Å². The summed E-state index contributed by atoms with van der Waals surface area (Å²) in [5, 5.41) is 5.83. The van der Waals surface area contributed by atoms with Gasteiger partial charge in [0.25, 0.3) is 11.5 Å². The van der Waals surface area contributed by atoms with Crippen molar-refractivity contribution in [2.75, 3.05) is 19.8 Å². The zero-order valence-electron chi connectivity index (χ0n) is 13.1. The molecule has 0 aromatic carbocycles. The van der Waals surface area contributed by atoms with Gasteiger partial charge in [-0.15, -0.1) is 0 Å². The SMILES string of the molecule is CCO[C@@H]1C[C@@H](NC(=O)c2cc(=O)n(C)[nH]2)C12CCOCC2. The van der Waals surface area contributed by atoms with E-state index in [2.05, 4.69) is 10.4 Å². The third-order valence-electron chi connectivity index (χ3n) is 5.01. The molecule has 0 unspecified atom stereocenters. The highest BCUT2D eigenvalue weighted by atomic mass is 16.5. The molecule has 1 saturated carbocycles. The lowest BCUT2D eigenvalue weighted by Crippen LogP contribution is -2.66. The minimum absolute atomic E-state index is 0.0288. The molecule has 1 aliphatic carbocycles. The van der Waals surface area contributed by atoms with E-state index in [-0.39, 0.29) is 29.0 Å². The number of amides is 1. The molecule has 2 heterocycles. The van der Waals surface area contributed by atoms with Gasteiger partial charge in [0.2, 0.25) is 0 Å². The standard InChI is InChI=1S/C15H23N3O4/c1-3-22-12-9-11(15(12)4-6-21-7-5-15)16-14(20)10-8-13(19)18(2)17-10/h8,11-12,17H,3-7,9H2,1-2H3,(H,16,20)/t11-,12-/m1/s1. The molecule has 7 nitrogen and oxygen atoms in total. The van der Waals surface area contributed by atoms with Gasteiger partial charge >= 0.3 is 0 Å². The van der Waals surface area contributed by atoms with Crippen molar-refractivity contribution < 1.29 is 14.3 Å². The Bertz CT molecular complexity index is 600. The fraction of sp³-hybridized carbons (Fsp3) is 0.733. The Morgan fingerprint density at radius 2 is 2.27 bits per heavy atom. The smallest absolute Gasteiger partial charge is 0.269 e. The molecule has 1 aliphatic heterocycles. The summed E-state index contributed by atoms with van der Waals surface area (Å²) in [7, 11) is 1.59. The van der Waals surface area contributed by atoms with Crippen LogP contribution in [0.1, 0.15) is 36.7 Å². The number of nitrogens with one attached hydrogen (secondary N) is 2. The average molecular weight is 309 g/mol. The van der Waals surface area contributed by atoms with E-state index in [9.17, 15) is 9.59 Å². The van der Waals surface area contributed by atoms with Crippen molar-refractivity contribution in [3.8, 4) is 0 Å². The Labute approximate surface area is 129 Å². The summed E-state index contributed by atoms with van der Waals surface area (Å²) in [6, 6.07) is 1.40. The van der Waals surface area contributed by atoms with Crippen LogP contribution in [0.25, 0.3) is 0 Å². The van der Waals surface area contributed by atoms with E-state index in [1.165, 1.54) is 10.7 Å². The minimum Gasteiger partial charge on any atom is -0.381 e. The maximum atomic E-state index is 12.3. The fourth-order valence-corrected chi connectivity index (χ4v) is 3.65. The third kappa shape index (κ3) is 2.48. The zero-order valence-corrected chi connectivity index (χ0v) is 13.1. The molecule has 22 heavy (non-hydrogen) atoms. The molecule has 7 heteroatoms. The maximum absolute atomic E-state index is 12.3. The number of carbonyl (C=O) groups is 1. The Hall–Kier alpha value is -1.60. The summed E-state index contributed by atoms with van der Waals surface area (Å²) in [6.07, 6.45) is 2.79. The van der Waals surface area contributed by atoms with E-state index < -0.39 is 0 Å². The van der Waals surface area contributed by atoms with Gasteiger partial charge in [-0.3, -0.25) is 19.4 Å². The number of hydrogen-bond acceptors (Lipinski definition) is 4. The first-order valence-corrected chi connectivity index (χ1v) is 7.83. The first-order valence-electron chi connectivity index (χ1n) is 7.83. The molecule has 122 valence electrons. The van der Waals surface area contributed by atoms with E-state index in [4.69, 9.17) is 9.47 Å². The fourth-order valence-electron chi connectivity index (χ4n) is 3.65. The van der Waals surface area contributed by atoms with Gasteiger partial charge in [-0.05, 0) is 26.2 Å². The normalized spacial score (nSPS) is 26.6. The van der Waals surface area contributed by atoms with Crippen LogP contribution in [0, 0.1) is 5.41 Å². The second-order valence-corrected chi connectivity index (χ2v) is 6.12. The van der Waals surface area contributed by atoms with Gasteiger partial charge in [0.1, 0.15) is 5.69 Å². The summed E-state index contributed by atoms with van der Waals surface area (Å²) >= 11 is 0. The molecular formula is C15H23N3O4. The molecule has 2 N–H and O–H groups in total. The largest absolute Gasteiger partial charge is 0.381 e. The highest BCUT2D eigenvalue weighted by Gasteiger charge is 2.56. The number of hydrogen-bond donors (Lipinski definition) is 2. The maximum Gasteiger partial charge on any atom is 0.269 e. The lowest BCUT2D eigenvalue weighted by molar-refractivity contribution is -0.170. The van der Waals surface area contributed by atoms with E-state index in [0.29, 0.717) is 25.5 Å². The lowest BCUT2D eigenvalue weighted by Gasteiger charge is -2.57. The van der Waals surface area contributed by atoms with Gasteiger partial charge in [-0.1, -0.05) is 0 Å². The number of aromatic nitrogens is 2. The number of nitrogens with zero attached hydrogens (tertiary/aromatic N) is 1. The van der Waals surface area contributed by atoms with Crippen molar-refractivity contribution in [2.24, 2.45) is 12.5 Å². The number of carbonyl (C=O) groups excluding carboxylic acids is 1. The van der Waals surface area contributed by atoms with Gasteiger partial charge in [0.05, 0.1) is 6.10 Å². The van der Waals surface area contributed by atoms with Crippen LogP contribution in [0.3, 0.4) is 0 Å². The number of aryl methyl sites for hydroxylation is 1. The van der Waals surface area contributed by atoms with Gasteiger partial charge in [0, 0.05) is 44.4 Å². The van der Waals surface area contributed by atoms with E-state index in [0.717, 1.165) is 19.3 Å². The molecule has 1 aromatic heterocycles. The molecule has 0 radical (unpaired) electrons. The van der Waals surface area contributed by atoms with Crippen LogP contribution in [-0.4, -0.2) is 47.7 Å². The van der Waals surface area contributed by atoms with Crippen molar-refractivity contribution in [3.63, 3.8) is 0 Å². The Morgan fingerprint density at radius 3 is 2.86 bits per heavy atom.